The average molecular weight is 375 g/mol. The van der Waals surface area contributed by atoms with Crippen LogP contribution in [0.25, 0.3) is 0 Å². The van der Waals surface area contributed by atoms with E-state index in [9.17, 15) is 0 Å². The summed E-state index contributed by atoms with van der Waals surface area (Å²) in [5.41, 5.74) is 0.418. The molecule has 4 unspecified atom stereocenters. The summed E-state index contributed by atoms with van der Waals surface area (Å²) in [5.74, 6) is 2.72. The Kier molecular flexibility index (Phi) is 5.10. The summed E-state index contributed by atoms with van der Waals surface area (Å²) in [5, 5.41) is 7.67. The Hall–Kier alpha value is -0.810. The molecule has 0 aromatic heterocycles. The Morgan fingerprint density at radius 1 is 1.11 bits per heavy atom. The van der Waals surface area contributed by atoms with Gasteiger partial charge in [0.1, 0.15) is 0 Å². The molecule has 5 nitrogen and oxygen atoms in total. The molecule has 0 bridgehead atoms. The highest BCUT2D eigenvalue weighted by Crippen LogP contribution is 2.62. The minimum atomic E-state index is 0.418. The zero-order chi connectivity index (χ0) is 18.3. The van der Waals surface area contributed by atoms with E-state index in [0.29, 0.717) is 29.5 Å². The fraction of sp³-hybridized carbons (Fsp3) is 0.955. The van der Waals surface area contributed by atoms with Crippen LogP contribution in [0.15, 0.2) is 4.99 Å². The third-order valence-electron chi connectivity index (χ3n) is 8.25. The first-order valence-electron chi connectivity index (χ1n) is 11.7. The normalized spacial score (nSPS) is 38.6. The largest absolute Gasteiger partial charge is 0.377 e. The van der Waals surface area contributed by atoms with E-state index in [1.807, 2.05) is 0 Å². The Morgan fingerprint density at radius 2 is 1.96 bits per heavy atom. The summed E-state index contributed by atoms with van der Waals surface area (Å²) in [6.45, 7) is 7.70. The smallest absolute Gasteiger partial charge is 0.191 e. The van der Waals surface area contributed by atoms with Gasteiger partial charge < -0.3 is 20.3 Å². The minimum Gasteiger partial charge on any atom is -0.377 e. The molecular weight excluding hydrogens is 336 g/mol. The quantitative estimate of drug-likeness (QED) is 0.574. The predicted molar refractivity (Wildman–Crippen MR) is 109 cm³/mol. The van der Waals surface area contributed by atoms with Crippen molar-refractivity contribution in [2.75, 3.05) is 32.8 Å². The lowest BCUT2D eigenvalue weighted by atomic mass is 9.46. The Labute approximate surface area is 164 Å². The number of aliphatic imine (C=N–C) groups is 1. The van der Waals surface area contributed by atoms with E-state index in [0.717, 1.165) is 25.0 Å². The van der Waals surface area contributed by atoms with Crippen molar-refractivity contribution in [3.8, 4) is 0 Å². The van der Waals surface area contributed by atoms with Crippen molar-refractivity contribution in [2.45, 2.75) is 82.9 Å². The molecule has 0 radical (unpaired) electrons. The van der Waals surface area contributed by atoms with Gasteiger partial charge in [-0.2, -0.15) is 0 Å². The molecule has 2 N–H and O–H groups in total. The second-order valence-electron chi connectivity index (χ2n) is 9.82. The highest BCUT2D eigenvalue weighted by atomic mass is 16.5. The van der Waals surface area contributed by atoms with Crippen LogP contribution in [-0.4, -0.2) is 61.8 Å². The van der Waals surface area contributed by atoms with Gasteiger partial charge in [-0.1, -0.05) is 19.3 Å². The molecule has 5 rings (SSSR count). The van der Waals surface area contributed by atoms with Crippen LogP contribution < -0.4 is 10.6 Å². The van der Waals surface area contributed by atoms with E-state index in [1.165, 1.54) is 77.4 Å². The van der Waals surface area contributed by atoms with Crippen molar-refractivity contribution >= 4 is 5.96 Å². The molecule has 0 aromatic carbocycles. The van der Waals surface area contributed by atoms with E-state index in [-0.39, 0.29) is 0 Å². The van der Waals surface area contributed by atoms with Crippen molar-refractivity contribution in [3.63, 3.8) is 0 Å². The molecule has 0 aromatic rings. The number of nitrogens with zero attached hydrogens (tertiary/aromatic N) is 2. The fourth-order valence-electron chi connectivity index (χ4n) is 6.76. The van der Waals surface area contributed by atoms with Gasteiger partial charge in [-0.3, -0.25) is 4.99 Å². The predicted octanol–water partition coefficient (Wildman–Crippen LogP) is 2.76. The third-order valence-corrected chi connectivity index (χ3v) is 8.25. The van der Waals surface area contributed by atoms with Crippen molar-refractivity contribution in [1.29, 1.82) is 0 Å². The SMILES string of the molecule is CCN=C(NC1CCN(CC2CCCC2)C1)NC1C2CCOC2C12CCC2. The summed E-state index contributed by atoms with van der Waals surface area (Å²) < 4.78 is 6.09. The maximum absolute atomic E-state index is 6.09. The third kappa shape index (κ3) is 3.29. The van der Waals surface area contributed by atoms with Gasteiger partial charge in [0.2, 0.25) is 0 Å². The number of fused-ring (bicyclic) bond motifs is 2. The molecule has 2 heterocycles. The zero-order valence-electron chi connectivity index (χ0n) is 17.1. The fourth-order valence-corrected chi connectivity index (χ4v) is 6.76. The molecule has 2 saturated heterocycles. The van der Waals surface area contributed by atoms with Gasteiger partial charge in [0, 0.05) is 56.2 Å². The molecule has 3 saturated carbocycles. The molecule has 5 aliphatic rings. The van der Waals surface area contributed by atoms with Crippen LogP contribution in [0.3, 0.4) is 0 Å². The minimum absolute atomic E-state index is 0.418. The summed E-state index contributed by atoms with van der Waals surface area (Å²) >= 11 is 0. The molecule has 0 amide bonds. The number of likely N-dealkylation sites (tertiary alicyclic amines) is 1. The van der Waals surface area contributed by atoms with E-state index in [1.54, 1.807) is 0 Å². The number of guanidine groups is 1. The number of hydrogen-bond acceptors (Lipinski definition) is 3. The number of rotatable bonds is 5. The molecule has 152 valence electrons. The maximum atomic E-state index is 6.09. The number of hydrogen-bond donors (Lipinski definition) is 2. The van der Waals surface area contributed by atoms with Crippen LogP contribution in [0.1, 0.15) is 64.7 Å². The molecule has 27 heavy (non-hydrogen) atoms. The topological polar surface area (TPSA) is 48.9 Å². The second-order valence-corrected chi connectivity index (χ2v) is 9.82. The maximum Gasteiger partial charge on any atom is 0.191 e. The van der Waals surface area contributed by atoms with Crippen LogP contribution in [-0.2, 0) is 4.74 Å². The van der Waals surface area contributed by atoms with E-state index in [4.69, 9.17) is 9.73 Å². The first kappa shape index (κ1) is 18.2. The van der Waals surface area contributed by atoms with Gasteiger partial charge in [-0.25, -0.2) is 0 Å². The molecule has 3 aliphatic carbocycles. The van der Waals surface area contributed by atoms with Crippen molar-refractivity contribution in [1.82, 2.24) is 15.5 Å². The lowest BCUT2D eigenvalue weighted by Crippen LogP contribution is -2.72. The summed E-state index contributed by atoms with van der Waals surface area (Å²) in [7, 11) is 0. The van der Waals surface area contributed by atoms with Crippen molar-refractivity contribution < 1.29 is 4.74 Å². The Bertz CT molecular complexity index is 555. The highest BCUT2D eigenvalue weighted by molar-refractivity contribution is 5.81. The number of ether oxygens (including phenoxy) is 1. The lowest BCUT2D eigenvalue weighted by Gasteiger charge is -2.63. The summed E-state index contributed by atoms with van der Waals surface area (Å²) in [4.78, 5) is 7.50. The molecule has 4 atom stereocenters. The van der Waals surface area contributed by atoms with Gasteiger partial charge in [0.15, 0.2) is 5.96 Å². The summed E-state index contributed by atoms with van der Waals surface area (Å²) in [6.07, 6.45) is 12.9. The zero-order valence-corrected chi connectivity index (χ0v) is 17.1. The monoisotopic (exact) mass is 374 g/mol. The van der Waals surface area contributed by atoms with Crippen LogP contribution in [0, 0.1) is 17.3 Å². The molecule has 2 aliphatic heterocycles. The van der Waals surface area contributed by atoms with E-state index < -0.39 is 0 Å². The second kappa shape index (κ2) is 7.55. The molecule has 5 heteroatoms. The van der Waals surface area contributed by atoms with Crippen LogP contribution in [0.2, 0.25) is 0 Å². The first-order chi connectivity index (χ1) is 13.3. The van der Waals surface area contributed by atoms with Gasteiger partial charge in [0.05, 0.1) is 6.10 Å². The lowest BCUT2D eigenvalue weighted by molar-refractivity contribution is -0.171. The molecule has 5 fully saturated rings. The van der Waals surface area contributed by atoms with E-state index in [2.05, 4.69) is 22.5 Å². The van der Waals surface area contributed by atoms with Gasteiger partial charge in [-0.15, -0.1) is 0 Å². The van der Waals surface area contributed by atoms with Crippen molar-refractivity contribution in [3.05, 3.63) is 0 Å². The van der Waals surface area contributed by atoms with Crippen LogP contribution in [0.5, 0.6) is 0 Å². The van der Waals surface area contributed by atoms with Gasteiger partial charge in [0.25, 0.3) is 0 Å². The summed E-state index contributed by atoms with van der Waals surface area (Å²) in [6, 6.07) is 1.13. The van der Waals surface area contributed by atoms with Gasteiger partial charge in [-0.05, 0) is 51.4 Å². The highest BCUT2D eigenvalue weighted by Gasteiger charge is 2.66. The standard InChI is InChI=1S/C22H38N4O/c1-2-23-21(24-17-8-12-26(15-17)14-16-6-3-4-7-16)25-19-18-9-13-27-20(18)22(19)10-5-11-22/h16-20H,2-15H2,1H3,(H2,23,24,25). The molecular formula is C22H38N4O. The van der Waals surface area contributed by atoms with E-state index >= 15 is 0 Å². The Morgan fingerprint density at radius 3 is 2.70 bits per heavy atom. The molecule has 1 spiro atoms. The van der Waals surface area contributed by atoms with Crippen LogP contribution in [0.4, 0.5) is 0 Å². The van der Waals surface area contributed by atoms with Crippen molar-refractivity contribution in [2.24, 2.45) is 22.2 Å². The van der Waals surface area contributed by atoms with Gasteiger partial charge >= 0.3 is 0 Å². The Balaban J connectivity index is 1.16. The number of nitrogens with one attached hydrogen (secondary N) is 2. The first-order valence-corrected chi connectivity index (χ1v) is 11.7. The average Bonchev–Trinajstić information content (AvgIpc) is 3.34. The van der Waals surface area contributed by atoms with Crippen LogP contribution >= 0.6 is 0 Å².